The van der Waals surface area contributed by atoms with Gasteiger partial charge in [-0.1, -0.05) is 30.3 Å². The minimum absolute atomic E-state index is 0.0610. The van der Waals surface area contributed by atoms with E-state index in [1.165, 1.54) is 6.07 Å². The Hall–Kier alpha value is -3.18. The van der Waals surface area contributed by atoms with Crippen molar-refractivity contribution in [1.82, 2.24) is 0 Å². The van der Waals surface area contributed by atoms with Crippen LogP contribution in [0.2, 0.25) is 0 Å². The molecule has 2 aromatic carbocycles. The maximum absolute atomic E-state index is 14.1. The third-order valence-corrected chi connectivity index (χ3v) is 4.44. The minimum atomic E-state index is -7.12. The summed E-state index contributed by atoms with van der Waals surface area (Å²) in [5.41, 5.74) is -4.25. The Kier molecular flexibility index (Phi) is 5.69. The molecule has 0 aliphatic rings. The molecule has 3 nitrogen and oxygen atoms in total. The van der Waals surface area contributed by atoms with Crippen LogP contribution in [-0.2, 0) is 12.5 Å². The van der Waals surface area contributed by atoms with Crippen LogP contribution in [0.15, 0.2) is 63.8 Å². The van der Waals surface area contributed by atoms with E-state index in [0.29, 0.717) is 0 Å². The highest BCUT2D eigenvalue weighted by molar-refractivity contribution is 5.78. The van der Waals surface area contributed by atoms with Crippen molar-refractivity contribution >= 4 is 11.0 Å². The molecule has 0 saturated carbocycles. The van der Waals surface area contributed by atoms with Crippen LogP contribution in [0.1, 0.15) is 11.1 Å². The zero-order chi connectivity index (χ0) is 23.9. The SMILES string of the molecule is O=c1oc2cc(OCc3ccccc3)ccc2cc1C(F)(F)C(F)(F)C(F)(F)C(F)(F)F. The maximum atomic E-state index is 14.1. The van der Waals surface area contributed by atoms with Crippen LogP contribution in [0, 0.1) is 0 Å². The van der Waals surface area contributed by atoms with Gasteiger partial charge in [0.1, 0.15) is 23.5 Å². The van der Waals surface area contributed by atoms with Gasteiger partial charge in [-0.3, -0.25) is 0 Å². The fraction of sp³-hybridized carbons (Fsp3) is 0.250. The van der Waals surface area contributed by atoms with Crippen LogP contribution >= 0.6 is 0 Å². The van der Waals surface area contributed by atoms with Gasteiger partial charge in [-0.05, 0) is 23.8 Å². The highest BCUT2D eigenvalue weighted by Crippen LogP contribution is 2.56. The van der Waals surface area contributed by atoms with E-state index in [-0.39, 0.29) is 18.4 Å². The van der Waals surface area contributed by atoms with Crippen LogP contribution in [0.3, 0.4) is 0 Å². The second-order valence-electron chi connectivity index (χ2n) is 6.64. The van der Waals surface area contributed by atoms with Crippen molar-refractivity contribution in [2.24, 2.45) is 0 Å². The number of hydrogen-bond donors (Lipinski definition) is 0. The van der Waals surface area contributed by atoms with Gasteiger partial charge >= 0.3 is 29.6 Å². The first kappa shape index (κ1) is 23.5. The lowest BCUT2D eigenvalue weighted by Gasteiger charge is -2.33. The van der Waals surface area contributed by atoms with Crippen molar-refractivity contribution in [2.45, 2.75) is 30.6 Å². The molecule has 32 heavy (non-hydrogen) atoms. The van der Waals surface area contributed by atoms with Crippen molar-refractivity contribution in [1.29, 1.82) is 0 Å². The average Bonchev–Trinajstić information content (AvgIpc) is 2.71. The van der Waals surface area contributed by atoms with Crippen molar-refractivity contribution < 1.29 is 48.7 Å². The second kappa shape index (κ2) is 7.75. The number of benzene rings is 2. The third kappa shape index (κ3) is 3.89. The predicted molar refractivity (Wildman–Crippen MR) is 93.1 cm³/mol. The van der Waals surface area contributed by atoms with Gasteiger partial charge in [-0.2, -0.15) is 39.5 Å². The van der Waals surface area contributed by atoms with E-state index in [4.69, 9.17) is 4.74 Å². The third-order valence-electron chi connectivity index (χ3n) is 4.44. The van der Waals surface area contributed by atoms with Crippen LogP contribution in [0.5, 0.6) is 5.75 Å². The molecule has 1 heterocycles. The molecule has 0 aliphatic carbocycles. The number of alkyl halides is 9. The molecule has 0 saturated heterocycles. The molecule has 3 rings (SSSR count). The molecule has 0 fully saturated rings. The lowest BCUT2D eigenvalue weighted by molar-refractivity contribution is -0.399. The van der Waals surface area contributed by atoms with Crippen molar-refractivity contribution in [2.75, 3.05) is 0 Å². The normalized spacial score (nSPS) is 13.4. The molecule has 1 aromatic heterocycles. The molecule has 0 radical (unpaired) electrons. The van der Waals surface area contributed by atoms with Crippen LogP contribution in [-0.4, -0.2) is 18.0 Å². The molecule has 3 aromatic rings. The van der Waals surface area contributed by atoms with Crippen molar-refractivity contribution in [3.8, 4) is 5.75 Å². The minimum Gasteiger partial charge on any atom is -0.489 e. The summed E-state index contributed by atoms with van der Waals surface area (Å²) in [6, 6.07) is 12.0. The quantitative estimate of drug-likeness (QED) is 0.314. The van der Waals surface area contributed by atoms with Crippen LogP contribution in [0.4, 0.5) is 39.5 Å². The highest BCUT2D eigenvalue weighted by Gasteiger charge is 2.82. The van der Waals surface area contributed by atoms with E-state index in [1.807, 2.05) is 0 Å². The van der Waals surface area contributed by atoms with Gasteiger partial charge in [-0.25, -0.2) is 4.79 Å². The molecule has 0 spiro atoms. The molecule has 0 N–H and O–H groups in total. The van der Waals surface area contributed by atoms with E-state index in [9.17, 15) is 44.3 Å². The van der Waals surface area contributed by atoms with E-state index in [2.05, 4.69) is 4.42 Å². The maximum Gasteiger partial charge on any atom is 0.460 e. The summed E-state index contributed by atoms with van der Waals surface area (Å²) in [5.74, 6) is -20.2. The largest absolute Gasteiger partial charge is 0.489 e. The summed E-state index contributed by atoms with van der Waals surface area (Å²) in [4.78, 5) is 11.8. The first-order valence-electron chi connectivity index (χ1n) is 8.64. The summed E-state index contributed by atoms with van der Waals surface area (Å²) in [7, 11) is 0. The van der Waals surface area contributed by atoms with Gasteiger partial charge < -0.3 is 9.15 Å². The Morgan fingerprint density at radius 1 is 0.781 bits per heavy atom. The summed E-state index contributed by atoms with van der Waals surface area (Å²) >= 11 is 0. The number of halogens is 9. The number of rotatable bonds is 6. The Morgan fingerprint density at radius 3 is 2.00 bits per heavy atom. The fourth-order valence-corrected chi connectivity index (χ4v) is 2.69. The van der Waals surface area contributed by atoms with Gasteiger partial charge in [0.15, 0.2) is 0 Å². The van der Waals surface area contributed by atoms with Gasteiger partial charge in [0, 0.05) is 11.5 Å². The summed E-state index contributed by atoms with van der Waals surface area (Å²) in [6.45, 7) is 0.0610. The molecule has 12 heteroatoms. The van der Waals surface area contributed by atoms with E-state index in [0.717, 1.165) is 17.7 Å². The average molecular weight is 470 g/mol. The summed E-state index contributed by atoms with van der Waals surface area (Å²) < 4.78 is 129. The van der Waals surface area contributed by atoms with Gasteiger partial charge in [-0.15, -0.1) is 0 Å². The molecular formula is C20H11F9O3. The Morgan fingerprint density at radius 2 is 1.41 bits per heavy atom. The zero-order valence-electron chi connectivity index (χ0n) is 15.5. The van der Waals surface area contributed by atoms with Crippen LogP contribution < -0.4 is 10.4 Å². The zero-order valence-corrected chi connectivity index (χ0v) is 15.5. The monoisotopic (exact) mass is 470 g/mol. The molecule has 0 aliphatic heterocycles. The topological polar surface area (TPSA) is 39.4 Å². The van der Waals surface area contributed by atoms with Crippen molar-refractivity contribution in [3.63, 3.8) is 0 Å². The Labute approximate surface area is 173 Å². The Bertz CT molecular complexity index is 1170. The van der Waals surface area contributed by atoms with Gasteiger partial charge in [0.05, 0.1) is 0 Å². The summed E-state index contributed by atoms with van der Waals surface area (Å²) in [5, 5.41) is -0.433. The number of hydrogen-bond acceptors (Lipinski definition) is 3. The first-order valence-corrected chi connectivity index (χ1v) is 8.64. The van der Waals surface area contributed by atoms with E-state index >= 15 is 0 Å². The van der Waals surface area contributed by atoms with Gasteiger partial charge in [0.25, 0.3) is 0 Å². The molecule has 0 unspecified atom stereocenters. The second-order valence-corrected chi connectivity index (χ2v) is 6.64. The lowest BCUT2D eigenvalue weighted by Crippen LogP contribution is -2.60. The lowest BCUT2D eigenvalue weighted by atomic mass is 9.97. The molecular weight excluding hydrogens is 459 g/mol. The smallest absolute Gasteiger partial charge is 0.460 e. The molecule has 172 valence electrons. The van der Waals surface area contributed by atoms with Crippen LogP contribution in [0.25, 0.3) is 11.0 Å². The Balaban J connectivity index is 1.98. The molecule has 0 amide bonds. The number of ether oxygens (including phenoxy) is 1. The molecule has 0 atom stereocenters. The number of fused-ring (bicyclic) bond motifs is 1. The predicted octanol–water partition coefficient (Wildman–Crippen LogP) is 6.30. The van der Waals surface area contributed by atoms with E-state index in [1.54, 1.807) is 30.3 Å². The summed E-state index contributed by atoms with van der Waals surface area (Å²) in [6.07, 6.45) is -7.00. The highest BCUT2D eigenvalue weighted by atomic mass is 19.4. The standard InChI is InChI=1S/C20H11F9O3/c21-17(22,18(23,24)19(25,26)20(27,28)29)14-8-12-6-7-13(9-15(12)32-16(14)30)31-10-11-4-2-1-3-5-11/h1-9H,10H2. The fourth-order valence-electron chi connectivity index (χ4n) is 2.69. The first-order chi connectivity index (χ1) is 14.7. The van der Waals surface area contributed by atoms with Gasteiger partial charge in [0.2, 0.25) is 0 Å². The molecule has 0 bridgehead atoms. The van der Waals surface area contributed by atoms with Crippen molar-refractivity contribution in [3.05, 3.63) is 76.1 Å². The van der Waals surface area contributed by atoms with E-state index < -0.39 is 46.1 Å².